The van der Waals surface area contributed by atoms with Gasteiger partial charge in [-0.05, 0) is 25.2 Å². The van der Waals surface area contributed by atoms with Crippen molar-refractivity contribution in [2.75, 3.05) is 20.3 Å². The van der Waals surface area contributed by atoms with Crippen LogP contribution in [0.15, 0.2) is 0 Å². The van der Waals surface area contributed by atoms with Gasteiger partial charge in [0.25, 0.3) is 0 Å². The van der Waals surface area contributed by atoms with Crippen LogP contribution < -0.4 is 10.6 Å². The van der Waals surface area contributed by atoms with E-state index in [0.29, 0.717) is 12.3 Å². The van der Waals surface area contributed by atoms with Crippen LogP contribution in [-0.4, -0.2) is 38.1 Å². The molecule has 116 valence electrons. The fourth-order valence-electron chi connectivity index (χ4n) is 2.43. The summed E-state index contributed by atoms with van der Waals surface area (Å²) in [6.45, 7) is 5.37. The zero-order valence-corrected chi connectivity index (χ0v) is 12.9. The first kappa shape index (κ1) is 17.0. The van der Waals surface area contributed by atoms with Gasteiger partial charge >= 0.3 is 0 Å². The van der Waals surface area contributed by atoms with Gasteiger partial charge < -0.3 is 15.4 Å². The predicted molar refractivity (Wildman–Crippen MR) is 78.2 cm³/mol. The summed E-state index contributed by atoms with van der Waals surface area (Å²) in [7, 11) is 1.61. The normalized spacial score (nSPS) is 17.8. The molecule has 0 aromatic heterocycles. The lowest BCUT2D eigenvalue weighted by atomic mass is 9.93. The van der Waals surface area contributed by atoms with Gasteiger partial charge in [0.05, 0.1) is 0 Å². The van der Waals surface area contributed by atoms with Crippen molar-refractivity contribution in [1.29, 1.82) is 0 Å². The molecule has 1 aliphatic rings. The largest absolute Gasteiger partial charge is 0.381 e. The van der Waals surface area contributed by atoms with Crippen molar-refractivity contribution in [2.24, 2.45) is 11.8 Å². The third-order valence-corrected chi connectivity index (χ3v) is 3.85. The number of likely N-dealkylation sites (N-methyl/N-ethyl adjacent to an activating group) is 1. The molecule has 0 aromatic rings. The van der Waals surface area contributed by atoms with Crippen LogP contribution in [0.25, 0.3) is 0 Å². The van der Waals surface area contributed by atoms with E-state index in [1.54, 1.807) is 7.05 Å². The Balaban J connectivity index is 2.36. The quantitative estimate of drug-likeness (QED) is 0.744. The molecule has 1 heterocycles. The van der Waals surface area contributed by atoms with Crippen LogP contribution in [0.2, 0.25) is 0 Å². The molecule has 2 amide bonds. The minimum Gasteiger partial charge on any atom is -0.381 e. The molecule has 0 aliphatic carbocycles. The highest BCUT2D eigenvalue weighted by Gasteiger charge is 2.21. The van der Waals surface area contributed by atoms with Crippen molar-refractivity contribution >= 4 is 11.8 Å². The molecule has 20 heavy (non-hydrogen) atoms. The molecule has 1 fully saturated rings. The second-order valence-corrected chi connectivity index (χ2v) is 5.82. The third kappa shape index (κ3) is 5.90. The van der Waals surface area contributed by atoms with Crippen LogP contribution in [0.5, 0.6) is 0 Å². The highest BCUT2D eigenvalue weighted by Crippen LogP contribution is 2.21. The topological polar surface area (TPSA) is 67.4 Å². The molecule has 1 unspecified atom stereocenters. The van der Waals surface area contributed by atoms with Crippen LogP contribution in [0.3, 0.4) is 0 Å². The second-order valence-electron chi connectivity index (χ2n) is 5.82. The molecule has 1 rings (SSSR count). The monoisotopic (exact) mass is 284 g/mol. The predicted octanol–water partition coefficient (Wildman–Crippen LogP) is 1.47. The third-order valence-electron chi connectivity index (χ3n) is 3.85. The van der Waals surface area contributed by atoms with E-state index in [-0.39, 0.29) is 17.7 Å². The van der Waals surface area contributed by atoms with E-state index >= 15 is 0 Å². The first-order chi connectivity index (χ1) is 9.54. The Hall–Kier alpha value is -1.10. The fraction of sp³-hybridized carbons (Fsp3) is 0.867. The molecule has 1 atom stereocenters. The Morgan fingerprint density at radius 3 is 2.40 bits per heavy atom. The Morgan fingerprint density at radius 1 is 1.20 bits per heavy atom. The number of hydrogen-bond acceptors (Lipinski definition) is 3. The van der Waals surface area contributed by atoms with Crippen LogP contribution in [0.1, 0.15) is 46.0 Å². The van der Waals surface area contributed by atoms with E-state index in [4.69, 9.17) is 4.74 Å². The van der Waals surface area contributed by atoms with Crippen molar-refractivity contribution in [2.45, 2.75) is 52.0 Å². The summed E-state index contributed by atoms with van der Waals surface area (Å²) < 4.78 is 5.34. The number of nitrogens with one attached hydrogen (secondary N) is 2. The second kappa shape index (κ2) is 8.95. The van der Waals surface area contributed by atoms with Gasteiger partial charge in [0.15, 0.2) is 0 Å². The maximum Gasteiger partial charge on any atom is 0.242 e. The number of ether oxygens (including phenoxy) is 1. The number of carbonyl (C=O) groups excluding carboxylic acids is 2. The van der Waals surface area contributed by atoms with Crippen molar-refractivity contribution in [3.63, 3.8) is 0 Å². The van der Waals surface area contributed by atoms with Gasteiger partial charge in [0.2, 0.25) is 11.8 Å². The van der Waals surface area contributed by atoms with Crippen molar-refractivity contribution in [3.8, 4) is 0 Å². The van der Waals surface area contributed by atoms with Crippen molar-refractivity contribution in [1.82, 2.24) is 10.6 Å². The summed E-state index contributed by atoms with van der Waals surface area (Å²) >= 11 is 0. The standard InChI is InChI=1S/C15H28N2O3/c1-11(2)14(18)17-13(15(19)16-3)6-4-5-12-7-9-20-10-8-12/h11-13H,4-10H2,1-3H3,(H,16,19)(H,17,18). The fourth-order valence-corrected chi connectivity index (χ4v) is 2.43. The van der Waals surface area contributed by atoms with Crippen LogP contribution >= 0.6 is 0 Å². The minimum atomic E-state index is -0.408. The molecule has 0 radical (unpaired) electrons. The Labute approximate surface area is 121 Å². The van der Waals surface area contributed by atoms with Crippen LogP contribution in [-0.2, 0) is 14.3 Å². The van der Waals surface area contributed by atoms with E-state index < -0.39 is 6.04 Å². The lowest BCUT2D eigenvalue weighted by molar-refractivity contribution is -0.130. The molecule has 0 bridgehead atoms. The van der Waals surface area contributed by atoms with E-state index in [1.807, 2.05) is 13.8 Å². The lowest BCUT2D eigenvalue weighted by Crippen LogP contribution is -2.47. The lowest BCUT2D eigenvalue weighted by Gasteiger charge is -2.23. The first-order valence-corrected chi connectivity index (χ1v) is 7.64. The molecule has 5 heteroatoms. The zero-order valence-electron chi connectivity index (χ0n) is 12.9. The molecule has 1 aliphatic heterocycles. The number of rotatable bonds is 7. The maximum absolute atomic E-state index is 11.8. The Bertz CT molecular complexity index is 312. The molecule has 0 aromatic carbocycles. The number of amides is 2. The molecule has 2 N–H and O–H groups in total. The molecule has 5 nitrogen and oxygen atoms in total. The number of hydrogen-bond donors (Lipinski definition) is 2. The first-order valence-electron chi connectivity index (χ1n) is 7.64. The SMILES string of the molecule is CNC(=O)C(CCCC1CCOCC1)NC(=O)C(C)C. The summed E-state index contributed by atoms with van der Waals surface area (Å²) in [6, 6.07) is -0.408. The average molecular weight is 284 g/mol. The van der Waals surface area contributed by atoms with Gasteiger partial charge in [-0.3, -0.25) is 9.59 Å². The highest BCUT2D eigenvalue weighted by atomic mass is 16.5. The van der Waals surface area contributed by atoms with Crippen LogP contribution in [0, 0.1) is 11.8 Å². The van der Waals surface area contributed by atoms with Crippen molar-refractivity contribution in [3.05, 3.63) is 0 Å². The van der Waals surface area contributed by atoms with Gasteiger partial charge in [-0.1, -0.05) is 26.7 Å². The molecule has 0 spiro atoms. The van der Waals surface area contributed by atoms with Gasteiger partial charge in [-0.15, -0.1) is 0 Å². The number of carbonyl (C=O) groups is 2. The zero-order chi connectivity index (χ0) is 15.0. The van der Waals surface area contributed by atoms with Gasteiger partial charge in [0.1, 0.15) is 6.04 Å². The van der Waals surface area contributed by atoms with Gasteiger partial charge in [-0.25, -0.2) is 0 Å². The van der Waals surface area contributed by atoms with Gasteiger partial charge in [0, 0.05) is 26.2 Å². The molecular weight excluding hydrogens is 256 g/mol. The molecule has 0 saturated carbocycles. The smallest absolute Gasteiger partial charge is 0.242 e. The summed E-state index contributed by atoms with van der Waals surface area (Å²) in [5.41, 5.74) is 0. The molecular formula is C15H28N2O3. The van der Waals surface area contributed by atoms with Crippen molar-refractivity contribution < 1.29 is 14.3 Å². The van der Waals surface area contributed by atoms with Crippen LogP contribution in [0.4, 0.5) is 0 Å². The maximum atomic E-state index is 11.8. The Kier molecular flexibility index (Phi) is 7.59. The van der Waals surface area contributed by atoms with E-state index in [0.717, 1.165) is 38.9 Å². The summed E-state index contributed by atoms with van der Waals surface area (Å²) in [4.78, 5) is 23.5. The highest BCUT2D eigenvalue weighted by molar-refractivity contribution is 5.88. The summed E-state index contributed by atoms with van der Waals surface area (Å²) in [5.74, 6) is 0.434. The summed E-state index contributed by atoms with van der Waals surface area (Å²) in [6.07, 6.45) is 5.00. The van der Waals surface area contributed by atoms with Gasteiger partial charge in [-0.2, -0.15) is 0 Å². The summed E-state index contributed by atoms with van der Waals surface area (Å²) in [5, 5.41) is 5.45. The van der Waals surface area contributed by atoms with E-state index in [9.17, 15) is 9.59 Å². The minimum absolute atomic E-state index is 0.0651. The average Bonchev–Trinajstić information content (AvgIpc) is 2.46. The molecule has 1 saturated heterocycles. The Morgan fingerprint density at radius 2 is 1.85 bits per heavy atom. The van der Waals surface area contributed by atoms with E-state index in [1.165, 1.54) is 0 Å². The van der Waals surface area contributed by atoms with E-state index in [2.05, 4.69) is 10.6 Å².